The number of halogens is 3. The maximum Gasteiger partial charge on any atom is 0.416 e. The number of nitrogens with zero attached hydrogens (tertiary/aromatic N) is 2. The quantitative estimate of drug-likeness (QED) is 0.694. The number of hydrogen-bond donors (Lipinski definition) is 1. The predicted molar refractivity (Wildman–Crippen MR) is 67.4 cm³/mol. The van der Waals surface area contributed by atoms with Crippen molar-refractivity contribution in [1.82, 2.24) is 9.97 Å². The van der Waals surface area contributed by atoms with Crippen LogP contribution in [-0.4, -0.2) is 9.97 Å². The molecule has 0 fully saturated rings. The molecular weight excluding hydrogens is 275 g/mol. The lowest BCUT2D eigenvalue weighted by Crippen LogP contribution is -2.09. The molecule has 0 radical (unpaired) electrons. The number of alkyl halides is 3. The number of benzene rings is 1. The summed E-state index contributed by atoms with van der Waals surface area (Å²) in [5, 5.41) is 0.576. The Labute approximate surface area is 112 Å². The van der Waals surface area contributed by atoms with E-state index in [0.29, 0.717) is 5.03 Å². The van der Waals surface area contributed by atoms with Gasteiger partial charge >= 0.3 is 6.18 Å². The second-order valence-electron chi connectivity index (χ2n) is 3.75. The summed E-state index contributed by atoms with van der Waals surface area (Å²) in [6, 6.07) is 3.80. The Morgan fingerprint density at radius 1 is 1.21 bits per heavy atom. The first-order chi connectivity index (χ1) is 8.97. The molecule has 19 heavy (non-hydrogen) atoms. The van der Waals surface area contributed by atoms with Crippen LogP contribution in [0.4, 0.5) is 18.9 Å². The van der Waals surface area contributed by atoms with Gasteiger partial charge in [-0.15, -0.1) is 11.8 Å². The third kappa shape index (κ3) is 3.60. The Morgan fingerprint density at radius 3 is 2.63 bits per heavy atom. The molecule has 0 saturated carbocycles. The van der Waals surface area contributed by atoms with Gasteiger partial charge < -0.3 is 5.73 Å². The number of anilines is 1. The summed E-state index contributed by atoms with van der Waals surface area (Å²) >= 11 is 1.20. The van der Waals surface area contributed by atoms with E-state index in [4.69, 9.17) is 5.73 Å². The fourth-order valence-corrected chi connectivity index (χ4v) is 2.32. The van der Waals surface area contributed by atoms with Crippen LogP contribution >= 0.6 is 11.8 Å². The van der Waals surface area contributed by atoms with E-state index in [0.717, 1.165) is 6.07 Å². The van der Waals surface area contributed by atoms with Crippen LogP contribution in [0.15, 0.2) is 41.8 Å². The van der Waals surface area contributed by atoms with Crippen molar-refractivity contribution in [2.45, 2.75) is 17.0 Å². The van der Waals surface area contributed by atoms with E-state index in [-0.39, 0.29) is 17.0 Å². The molecule has 1 heterocycles. The van der Waals surface area contributed by atoms with Gasteiger partial charge in [0.2, 0.25) is 0 Å². The fourth-order valence-electron chi connectivity index (χ4n) is 1.50. The first kappa shape index (κ1) is 13.7. The van der Waals surface area contributed by atoms with Crippen LogP contribution in [0.1, 0.15) is 11.1 Å². The number of rotatable bonds is 3. The third-order valence-electron chi connectivity index (χ3n) is 2.35. The first-order valence-corrected chi connectivity index (χ1v) is 6.30. The minimum absolute atomic E-state index is 0.0978. The number of nitrogens with two attached hydrogens (primary N) is 1. The summed E-state index contributed by atoms with van der Waals surface area (Å²) in [5.41, 5.74) is 4.97. The number of hydrogen-bond acceptors (Lipinski definition) is 4. The van der Waals surface area contributed by atoms with Gasteiger partial charge in [0.05, 0.1) is 11.8 Å². The van der Waals surface area contributed by atoms with Crippen LogP contribution < -0.4 is 5.73 Å². The van der Waals surface area contributed by atoms with Crippen molar-refractivity contribution in [3.05, 3.63) is 47.9 Å². The van der Waals surface area contributed by atoms with E-state index >= 15 is 0 Å². The topological polar surface area (TPSA) is 51.8 Å². The van der Waals surface area contributed by atoms with Crippen LogP contribution in [-0.2, 0) is 11.9 Å². The van der Waals surface area contributed by atoms with Gasteiger partial charge in [0, 0.05) is 23.8 Å². The summed E-state index contributed by atoms with van der Waals surface area (Å²) in [6.07, 6.45) is 0.104. The van der Waals surface area contributed by atoms with Crippen LogP contribution in [0.5, 0.6) is 0 Å². The zero-order valence-electron chi connectivity index (χ0n) is 9.69. The fraction of sp³-hybridized carbons (Fsp3) is 0.167. The number of nitrogen functional groups attached to an aromatic ring is 1. The molecule has 0 spiro atoms. The van der Waals surface area contributed by atoms with Crippen molar-refractivity contribution in [2.75, 3.05) is 5.73 Å². The lowest BCUT2D eigenvalue weighted by molar-refractivity contribution is -0.138. The lowest BCUT2D eigenvalue weighted by atomic mass is 10.1. The van der Waals surface area contributed by atoms with E-state index in [1.165, 1.54) is 42.5 Å². The average Bonchev–Trinajstić information content (AvgIpc) is 2.37. The molecular formula is C12H10F3N3S. The normalized spacial score (nSPS) is 11.5. The molecule has 0 amide bonds. The predicted octanol–water partition coefficient (Wildman–Crippen LogP) is 3.37. The molecule has 0 aliphatic carbocycles. The van der Waals surface area contributed by atoms with Crippen LogP contribution in [0, 0.1) is 0 Å². The van der Waals surface area contributed by atoms with Crippen LogP contribution in [0.3, 0.4) is 0 Å². The molecule has 3 nitrogen and oxygen atoms in total. The van der Waals surface area contributed by atoms with Crippen molar-refractivity contribution in [2.24, 2.45) is 0 Å². The van der Waals surface area contributed by atoms with E-state index in [9.17, 15) is 13.2 Å². The highest BCUT2D eigenvalue weighted by molar-refractivity contribution is 7.98. The Morgan fingerprint density at radius 2 is 2.00 bits per heavy atom. The number of aromatic nitrogens is 2. The smallest absolute Gasteiger partial charge is 0.399 e. The van der Waals surface area contributed by atoms with E-state index < -0.39 is 11.7 Å². The largest absolute Gasteiger partial charge is 0.416 e. The minimum Gasteiger partial charge on any atom is -0.399 e. The molecule has 0 unspecified atom stereocenters. The maximum absolute atomic E-state index is 12.9. The van der Waals surface area contributed by atoms with Gasteiger partial charge in [0.1, 0.15) is 5.03 Å². The first-order valence-electron chi connectivity index (χ1n) is 5.31. The van der Waals surface area contributed by atoms with Gasteiger partial charge in [-0.25, -0.2) is 4.98 Å². The summed E-state index contributed by atoms with van der Waals surface area (Å²) < 4.78 is 38.6. The Balaban J connectivity index is 2.21. The monoisotopic (exact) mass is 285 g/mol. The molecule has 0 aliphatic heterocycles. The second kappa shape index (κ2) is 5.48. The molecule has 2 N–H and O–H groups in total. The molecule has 2 rings (SSSR count). The van der Waals surface area contributed by atoms with Gasteiger partial charge in [0.15, 0.2) is 0 Å². The molecule has 100 valence electrons. The van der Waals surface area contributed by atoms with Gasteiger partial charge in [-0.05, 0) is 17.7 Å². The summed E-state index contributed by atoms with van der Waals surface area (Å²) in [7, 11) is 0. The van der Waals surface area contributed by atoms with Crippen molar-refractivity contribution in [3.8, 4) is 0 Å². The van der Waals surface area contributed by atoms with Gasteiger partial charge in [-0.1, -0.05) is 6.07 Å². The summed E-state index contributed by atoms with van der Waals surface area (Å²) in [4.78, 5) is 7.85. The summed E-state index contributed by atoms with van der Waals surface area (Å²) in [5.74, 6) is 0.161. The van der Waals surface area contributed by atoms with Gasteiger partial charge in [-0.2, -0.15) is 13.2 Å². The van der Waals surface area contributed by atoms with Crippen molar-refractivity contribution < 1.29 is 13.2 Å². The van der Waals surface area contributed by atoms with Crippen molar-refractivity contribution in [3.63, 3.8) is 0 Å². The Kier molecular flexibility index (Phi) is 3.94. The van der Waals surface area contributed by atoms with Gasteiger partial charge in [0.25, 0.3) is 0 Å². The van der Waals surface area contributed by atoms with E-state index in [2.05, 4.69) is 9.97 Å². The highest BCUT2D eigenvalue weighted by Gasteiger charge is 2.33. The molecule has 0 atom stereocenters. The SMILES string of the molecule is Nc1ccc(CSc2cnccn2)c(C(F)(F)F)c1. The van der Waals surface area contributed by atoms with Crippen LogP contribution in [0.25, 0.3) is 0 Å². The molecule has 0 bridgehead atoms. The molecule has 0 saturated heterocycles. The summed E-state index contributed by atoms with van der Waals surface area (Å²) in [6.45, 7) is 0. The highest BCUT2D eigenvalue weighted by atomic mass is 32.2. The highest BCUT2D eigenvalue weighted by Crippen LogP contribution is 2.35. The molecule has 2 aromatic rings. The molecule has 1 aromatic carbocycles. The third-order valence-corrected chi connectivity index (χ3v) is 3.32. The average molecular weight is 285 g/mol. The van der Waals surface area contributed by atoms with Crippen molar-refractivity contribution >= 4 is 17.4 Å². The zero-order chi connectivity index (χ0) is 13.9. The minimum atomic E-state index is -4.41. The van der Waals surface area contributed by atoms with Gasteiger partial charge in [-0.3, -0.25) is 4.98 Å². The molecule has 0 aliphatic rings. The maximum atomic E-state index is 12.9. The van der Waals surface area contributed by atoms with E-state index in [1.54, 1.807) is 0 Å². The second-order valence-corrected chi connectivity index (χ2v) is 4.74. The Bertz CT molecular complexity index is 558. The standard InChI is InChI=1S/C12H10F3N3S/c13-12(14,15)10-5-9(16)2-1-8(10)7-19-11-6-17-3-4-18-11/h1-6H,7,16H2. The molecule has 7 heteroatoms. The Hall–Kier alpha value is -1.76. The van der Waals surface area contributed by atoms with Crippen LogP contribution in [0.2, 0.25) is 0 Å². The van der Waals surface area contributed by atoms with Crippen molar-refractivity contribution in [1.29, 1.82) is 0 Å². The zero-order valence-corrected chi connectivity index (χ0v) is 10.5. The van der Waals surface area contributed by atoms with E-state index in [1.807, 2.05) is 0 Å². The number of thioether (sulfide) groups is 1. The molecule has 1 aromatic heterocycles. The lowest BCUT2D eigenvalue weighted by Gasteiger charge is -2.13.